The van der Waals surface area contributed by atoms with Gasteiger partial charge in [0, 0.05) is 11.8 Å². The van der Waals surface area contributed by atoms with Crippen molar-refractivity contribution in [3.63, 3.8) is 0 Å². The fourth-order valence-electron chi connectivity index (χ4n) is 1.92. The Labute approximate surface area is 121 Å². The van der Waals surface area contributed by atoms with Crippen LogP contribution < -0.4 is 4.74 Å². The van der Waals surface area contributed by atoms with E-state index in [4.69, 9.17) is 16.5 Å². The third-order valence-electron chi connectivity index (χ3n) is 2.79. The molecule has 0 N–H and O–H groups in total. The Hall–Kier alpha value is -0.580. The second kappa shape index (κ2) is 7.27. The number of hydrogen-bond donors (Lipinski definition) is 0. The molecule has 0 unspecified atom stereocenters. The Morgan fingerprint density at radius 1 is 1.05 bits per heavy atom. The van der Waals surface area contributed by atoms with Gasteiger partial charge in [-0.05, 0) is 47.4 Å². The zero-order valence-corrected chi connectivity index (χ0v) is 13.8. The van der Waals surface area contributed by atoms with Gasteiger partial charge in [-0.1, -0.05) is 18.2 Å². The van der Waals surface area contributed by atoms with Gasteiger partial charge < -0.3 is 4.74 Å². The van der Waals surface area contributed by atoms with Crippen molar-refractivity contribution in [1.82, 2.24) is 14.0 Å². The Morgan fingerprint density at radius 3 is 2.00 bits per heavy atom. The maximum absolute atomic E-state index is 5.88. The van der Waals surface area contributed by atoms with Crippen LogP contribution in [0.3, 0.4) is 0 Å². The molecule has 0 aliphatic heterocycles. The summed E-state index contributed by atoms with van der Waals surface area (Å²) < 4.78 is 16.0. The molecule has 0 bridgehead atoms. The third kappa shape index (κ3) is 3.71. The number of nitrogens with zero attached hydrogens (tertiary/aromatic N) is 4. The Morgan fingerprint density at radius 2 is 1.58 bits per heavy atom. The van der Waals surface area contributed by atoms with Crippen molar-refractivity contribution in [3.05, 3.63) is 30.3 Å². The highest BCUT2D eigenvalue weighted by atomic mass is 35.5. The number of hydrogen-bond acceptors (Lipinski definition) is 2. The van der Waals surface area contributed by atoms with E-state index in [1.807, 2.05) is 79.6 Å². The molecule has 0 aliphatic carbocycles. The summed E-state index contributed by atoms with van der Waals surface area (Å²) in [6.07, 6.45) is 0. The van der Waals surface area contributed by atoms with Crippen LogP contribution in [0.1, 0.15) is 0 Å². The Bertz CT molecular complexity index is 427. The lowest BCUT2D eigenvalue weighted by atomic mass is 10.3. The largest absolute Gasteiger partial charge is 0.478 e. The highest BCUT2D eigenvalue weighted by Crippen LogP contribution is 2.56. The number of benzene rings is 1. The zero-order chi connectivity index (χ0) is 14.5. The summed E-state index contributed by atoms with van der Waals surface area (Å²) in [4.78, 5) is 0. The predicted molar refractivity (Wildman–Crippen MR) is 82.3 cm³/mol. The molecular formula is C12H22ClN4OP. The number of ether oxygens (including phenoxy) is 1. The first-order valence-electron chi connectivity index (χ1n) is 5.92. The minimum Gasteiger partial charge on any atom is -0.478 e. The lowest BCUT2D eigenvalue weighted by molar-refractivity contribution is 0.214. The van der Waals surface area contributed by atoms with Gasteiger partial charge in [0.05, 0.1) is 0 Å². The van der Waals surface area contributed by atoms with E-state index >= 15 is 0 Å². The highest BCUT2D eigenvalue weighted by molar-refractivity contribution is 7.59. The fourth-order valence-corrected chi connectivity index (χ4v) is 5.62. The molecule has 1 aromatic carbocycles. The molecule has 0 amide bonds. The van der Waals surface area contributed by atoms with Crippen LogP contribution in [0.4, 0.5) is 0 Å². The average Bonchev–Trinajstić information content (AvgIpc) is 2.38. The van der Waals surface area contributed by atoms with Gasteiger partial charge in [0.25, 0.3) is 0 Å². The molecule has 1 aromatic rings. The summed E-state index contributed by atoms with van der Waals surface area (Å²) in [6.45, 7) is 0.421. The van der Waals surface area contributed by atoms with Crippen LogP contribution in [0.25, 0.3) is 0 Å². The molecule has 0 atom stereocenters. The molecule has 0 aliphatic rings. The van der Waals surface area contributed by atoms with Crippen LogP contribution in [0, 0.1) is 0 Å². The molecule has 19 heavy (non-hydrogen) atoms. The van der Waals surface area contributed by atoms with Crippen molar-refractivity contribution >= 4 is 19.3 Å². The SMILES string of the molecule is CN(C)P(=NCl)(N(C)C)N(C)COc1ccccc1. The first-order valence-corrected chi connectivity index (χ1v) is 7.86. The molecule has 0 radical (unpaired) electrons. The van der Waals surface area contributed by atoms with Crippen molar-refractivity contribution in [1.29, 1.82) is 0 Å². The van der Waals surface area contributed by atoms with Gasteiger partial charge in [-0.2, -0.15) is 4.26 Å². The van der Waals surface area contributed by atoms with Crippen LogP contribution in [0.15, 0.2) is 34.6 Å². The van der Waals surface area contributed by atoms with Gasteiger partial charge in [0.1, 0.15) is 12.5 Å². The van der Waals surface area contributed by atoms with E-state index in [0.29, 0.717) is 6.73 Å². The van der Waals surface area contributed by atoms with Crippen LogP contribution >= 0.6 is 19.3 Å². The molecule has 0 saturated heterocycles. The lowest BCUT2D eigenvalue weighted by Crippen LogP contribution is -2.34. The summed E-state index contributed by atoms with van der Waals surface area (Å²) >= 11 is 5.88. The monoisotopic (exact) mass is 304 g/mol. The molecule has 0 saturated carbocycles. The maximum Gasteiger partial charge on any atom is 0.187 e. The van der Waals surface area contributed by atoms with Crippen molar-refractivity contribution < 1.29 is 4.74 Å². The van der Waals surface area contributed by atoms with Crippen LogP contribution in [-0.4, -0.2) is 56.0 Å². The van der Waals surface area contributed by atoms with E-state index in [1.54, 1.807) is 0 Å². The normalized spacial score (nSPS) is 12.3. The van der Waals surface area contributed by atoms with E-state index in [2.05, 4.69) is 4.26 Å². The quantitative estimate of drug-likeness (QED) is 0.597. The standard InChI is InChI=1S/C12H22ClN4OP/c1-15(2)19(14-13,16(3)4)17(5)11-18-12-9-7-6-8-10-12/h6-10H,11H2,1-5H3. The number of halogens is 1. The van der Waals surface area contributed by atoms with Gasteiger partial charge >= 0.3 is 0 Å². The minimum atomic E-state index is -2.08. The van der Waals surface area contributed by atoms with E-state index < -0.39 is 7.51 Å². The topological polar surface area (TPSA) is 31.3 Å². The molecule has 108 valence electrons. The van der Waals surface area contributed by atoms with Crippen molar-refractivity contribution in [2.24, 2.45) is 4.26 Å². The van der Waals surface area contributed by atoms with Gasteiger partial charge in [-0.25, -0.2) is 4.67 Å². The molecule has 0 spiro atoms. The first kappa shape index (κ1) is 16.5. The molecule has 5 nitrogen and oxygen atoms in total. The highest BCUT2D eigenvalue weighted by Gasteiger charge is 2.31. The van der Waals surface area contributed by atoms with E-state index in [-0.39, 0.29) is 0 Å². The molecule has 1 rings (SSSR count). The van der Waals surface area contributed by atoms with Gasteiger partial charge in [0.15, 0.2) is 7.51 Å². The summed E-state index contributed by atoms with van der Waals surface area (Å²) in [5, 5.41) is 0. The zero-order valence-electron chi connectivity index (χ0n) is 12.1. The Balaban J connectivity index is 2.82. The summed E-state index contributed by atoms with van der Waals surface area (Å²) in [7, 11) is 7.76. The first-order chi connectivity index (χ1) is 8.95. The molecule has 0 heterocycles. The predicted octanol–water partition coefficient (Wildman–Crippen LogP) is 3.18. The van der Waals surface area contributed by atoms with Gasteiger partial charge in [0.2, 0.25) is 0 Å². The molecule has 0 aromatic heterocycles. The smallest absolute Gasteiger partial charge is 0.187 e. The van der Waals surface area contributed by atoms with Crippen molar-refractivity contribution in [2.45, 2.75) is 0 Å². The van der Waals surface area contributed by atoms with Crippen LogP contribution in [0.5, 0.6) is 5.75 Å². The maximum atomic E-state index is 5.88. The van der Waals surface area contributed by atoms with E-state index in [1.165, 1.54) is 0 Å². The summed E-state index contributed by atoms with van der Waals surface area (Å²) in [5.74, 6) is 0.833. The Kier molecular flexibility index (Phi) is 6.30. The minimum absolute atomic E-state index is 0.421. The second-order valence-corrected chi connectivity index (χ2v) is 8.51. The second-order valence-electron chi connectivity index (χ2n) is 4.55. The number of rotatable bonds is 6. The van der Waals surface area contributed by atoms with Crippen LogP contribution in [-0.2, 0) is 0 Å². The van der Waals surface area contributed by atoms with E-state index in [9.17, 15) is 0 Å². The van der Waals surface area contributed by atoms with Crippen LogP contribution in [0.2, 0.25) is 0 Å². The van der Waals surface area contributed by atoms with Gasteiger partial charge in [-0.15, -0.1) is 0 Å². The summed E-state index contributed by atoms with van der Waals surface area (Å²) in [5.41, 5.74) is 0. The van der Waals surface area contributed by atoms with E-state index in [0.717, 1.165) is 5.75 Å². The molecular weight excluding hydrogens is 283 g/mol. The lowest BCUT2D eigenvalue weighted by Gasteiger charge is -2.41. The third-order valence-corrected chi connectivity index (χ3v) is 6.78. The fraction of sp³-hybridized carbons (Fsp3) is 0.500. The number of para-hydroxylation sites is 1. The molecule has 7 heteroatoms. The van der Waals surface area contributed by atoms with Crippen molar-refractivity contribution in [3.8, 4) is 5.75 Å². The molecule has 0 fully saturated rings. The summed E-state index contributed by atoms with van der Waals surface area (Å²) in [6, 6.07) is 9.71. The van der Waals surface area contributed by atoms with Gasteiger partial charge in [-0.3, -0.25) is 9.34 Å². The van der Waals surface area contributed by atoms with Crippen molar-refractivity contribution in [2.75, 3.05) is 42.0 Å². The average molecular weight is 305 g/mol.